The van der Waals surface area contributed by atoms with Crippen LogP contribution < -0.4 is 5.32 Å². The molecule has 0 spiro atoms. The quantitative estimate of drug-likeness (QED) is 0.687. The second kappa shape index (κ2) is 4.64. The minimum absolute atomic E-state index is 0.0163. The number of amides is 2. The van der Waals surface area contributed by atoms with Gasteiger partial charge in [-0.1, -0.05) is 0 Å². The molecule has 0 aromatic carbocycles. The molecule has 0 radical (unpaired) electrons. The van der Waals surface area contributed by atoms with Crippen molar-refractivity contribution in [3.63, 3.8) is 0 Å². The molecule has 0 aromatic heterocycles. The summed E-state index contributed by atoms with van der Waals surface area (Å²) in [7, 11) is 1.91. The molecule has 1 unspecified atom stereocenters. The molecule has 0 aliphatic carbocycles. The number of carbonyl (C=O) groups excluding carboxylic acids is 1. The van der Waals surface area contributed by atoms with Crippen LogP contribution in [0, 0.1) is 0 Å². The maximum atomic E-state index is 12.5. The van der Waals surface area contributed by atoms with E-state index in [4.69, 9.17) is 5.11 Å². The smallest absolute Gasteiger partial charge is 0.405 e. The fourth-order valence-electron chi connectivity index (χ4n) is 2.30. The number of hydrogen-bond donors (Lipinski definition) is 2. The Balaban J connectivity index is 2.99. The lowest BCUT2D eigenvalue weighted by Gasteiger charge is -2.43. The Kier molecular flexibility index (Phi) is 3.81. The van der Waals surface area contributed by atoms with Crippen molar-refractivity contribution < 1.29 is 19.2 Å². The summed E-state index contributed by atoms with van der Waals surface area (Å²) in [5.41, 5.74) is -0.208. The maximum Gasteiger partial charge on any atom is 0.405 e. The molecule has 2 atom stereocenters. The molecule has 2 amide bonds. The van der Waals surface area contributed by atoms with Crippen molar-refractivity contribution in [3.05, 3.63) is 0 Å². The van der Waals surface area contributed by atoms with E-state index in [1.54, 1.807) is 0 Å². The summed E-state index contributed by atoms with van der Waals surface area (Å²) < 4.78 is 0.290. The van der Waals surface area contributed by atoms with E-state index in [1.807, 2.05) is 27.8 Å². The van der Waals surface area contributed by atoms with Gasteiger partial charge < -0.3 is 10.4 Å². The molecule has 1 aliphatic rings. The van der Waals surface area contributed by atoms with Crippen LogP contribution in [-0.2, 0) is 4.79 Å². The van der Waals surface area contributed by atoms with Gasteiger partial charge in [0, 0.05) is 0 Å². The van der Waals surface area contributed by atoms with Crippen LogP contribution in [0.1, 0.15) is 40.0 Å². The summed E-state index contributed by atoms with van der Waals surface area (Å²) in [6, 6.07) is -0.570. The minimum Gasteiger partial charge on any atom is -0.465 e. The zero-order chi connectivity index (χ0) is 13.3. The monoisotopic (exact) mass is 243 g/mol. The van der Waals surface area contributed by atoms with E-state index in [9.17, 15) is 9.59 Å². The number of carbonyl (C=O) groups is 2. The Labute approximate surface area is 102 Å². The Morgan fingerprint density at radius 2 is 2.00 bits per heavy atom. The van der Waals surface area contributed by atoms with Crippen molar-refractivity contribution >= 4 is 12.0 Å². The van der Waals surface area contributed by atoms with Crippen LogP contribution in [0.25, 0.3) is 0 Å². The molecule has 1 fully saturated rings. The lowest BCUT2D eigenvalue weighted by atomic mass is 10.0. The molecule has 1 rings (SSSR count). The van der Waals surface area contributed by atoms with Crippen LogP contribution in [0.3, 0.4) is 0 Å². The van der Waals surface area contributed by atoms with Gasteiger partial charge in [0.2, 0.25) is 0 Å². The molecule has 5 nitrogen and oxygen atoms in total. The standard InChI is InChI=1S/C12H22N2O3/c1-12(2,3)14(4)8-6-5-7-9(10(14)15)13-11(16)17/h9,13H,5-8H2,1-4H3/p+1/t9-,14?/m0/s1. The first-order chi connectivity index (χ1) is 7.68. The molecule has 17 heavy (non-hydrogen) atoms. The van der Waals surface area contributed by atoms with E-state index >= 15 is 0 Å². The van der Waals surface area contributed by atoms with Crippen molar-refractivity contribution in [2.24, 2.45) is 0 Å². The third-order valence-electron chi connectivity index (χ3n) is 3.91. The minimum atomic E-state index is -1.12. The molecule has 1 heterocycles. The van der Waals surface area contributed by atoms with Crippen LogP contribution >= 0.6 is 0 Å². The van der Waals surface area contributed by atoms with E-state index < -0.39 is 12.1 Å². The Bertz CT molecular complexity index is 322. The fraction of sp³-hybridized carbons (Fsp3) is 0.833. The molecule has 98 valence electrons. The van der Waals surface area contributed by atoms with Gasteiger partial charge >= 0.3 is 12.0 Å². The third-order valence-corrected chi connectivity index (χ3v) is 3.91. The van der Waals surface area contributed by atoms with Crippen molar-refractivity contribution in [2.75, 3.05) is 13.6 Å². The Morgan fingerprint density at radius 1 is 1.41 bits per heavy atom. The summed E-state index contributed by atoms with van der Waals surface area (Å²) in [4.78, 5) is 23.2. The third kappa shape index (κ3) is 2.77. The molecule has 1 aliphatic heterocycles. The number of nitrogens with one attached hydrogen (secondary N) is 1. The highest BCUT2D eigenvalue weighted by Gasteiger charge is 2.47. The van der Waals surface area contributed by atoms with Crippen molar-refractivity contribution in [1.82, 2.24) is 5.32 Å². The maximum absolute atomic E-state index is 12.5. The van der Waals surface area contributed by atoms with Gasteiger partial charge in [0.1, 0.15) is 6.04 Å². The predicted molar refractivity (Wildman–Crippen MR) is 64.6 cm³/mol. The zero-order valence-corrected chi connectivity index (χ0v) is 11.1. The number of hydrogen-bond acceptors (Lipinski definition) is 2. The summed E-state index contributed by atoms with van der Waals surface area (Å²) in [5.74, 6) is -0.0163. The highest BCUT2D eigenvalue weighted by molar-refractivity contribution is 5.80. The molecule has 0 saturated carbocycles. The van der Waals surface area contributed by atoms with Crippen LogP contribution in [0.5, 0.6) is 0 Å². The summed E-state index contributed by atoms with van der Waals surface area (Å²) in [5, 5.41) is 11.1. The lowest BCUT2D eigenvalue weighted by molar-refractivity contribution is -0.882. The van der Waals surface area contributed by atoms with Gasteiger partial charge in [-0.2, -0.15) is 0 Å². The summed E-state index contributed by atoms with van der Waals surface area (Å²) >= 11 is 0. The zero-order valence-electron chi connectivity index (χ0n) is 11.1. The average molecular weight is 243 g/mol. The van der Waals surface area contributed by atoms with Crippen molar-refractivity contribution in [3.8, 4) is 0 Å². The first kappa shape index (κ1) is 14.0. The summed E-state index contributed by atoms with van der Waals surface area (Å²) in [6.07, 6.45) is 1.33. The van der Waals surface area contributed by atoms with Crippen molar-refractivity contribution in [1.29, 1.82) is 0 Å². The van der Waals surface area contributed by atoms with E-state index in [2.05, 4.69) is 5.32 Å². The van der Waals surface area contributed by atoms with E-state index in [-0.39, 0.29) is 15.9 Å². The van der Waals surface area contributed by atoms with Gasteiger partial charge in [0.15, 0.2) is 0 Å². The average Bonchev–Trinajstić information content (AvgIpc) is 2.30. The van der Waals surface area contributed by atoms with E-state index in [0.29, 0.717) is 6.42 Å². The molecule has 1 saturated heterocycles. The highest BCUT2D eigenvalue weighted by Crippen LogP contribution is 2.28. The van der Waals surface area contributed by atoms with Gasteiger partial charge in [-0.25, -0.2) is 9.59 Å². The van der Waals surface area contributed by atoms with Crippen LogP contribution in [0.2, 0.25) is 0 Å². The second-order valence-corrected chi connectivity index (χ2v) is 5.92. The van der Waals surface area contributed by atoms with E-state index in [0.717, 1.165) is 19.4 Å². The van der Waals surface area contributed by atoms with Crippen LogP contribution in [0.15, 0.2) is 0 Å². The van der Waals surface area contributed by atoms with Crippen molar-refractivity contribution in [2.45, 2.75) is 51.6 Å². The Morgan fingerprint density at radius 3 is 2.47 bits per heavy atom. The first-order valence-corrected chi connectivity index (χ1v) is 6.08. The van der Waals surface area contributed by atoms with Crippen LogP contribution in [0.4, 0.5) is 4.79 Å². The number of nitrogens with zero attached hydrogens (tertiary/aromatic N) is 1. The molecule has 0 bridgehead atoms. The normalized spacial score (nSPS) is 30.8. The molecule has 5 heteroatoms. The number of likely N-dealkylation sites (tertiary alicyclic amines) is 1. The number of rotatable bonds is 1. The largest absolute Gasteiger partial charge is 0.465 e. The number of quaternary nitrogens is 1. The molecule has 2 N–H and O–H groups in total. The molecular formula is C12H23N2O3+. The van der Waals surface area contributed by atoms with Gasteiger partial charge in [0.25, 0.3) is 0 Å². The molecule has 0 aromatic rings. The predicted octanol–water partition coefficient (Wildman–Crippen LogP) is 1.58. The molecular weight excluding hydrogens is 220 g/mol. The SMILES string of the molecule is CC(C)(C)[N+]1(C)CCCC[C@H](NC(=O)O)C1=O. The first-order valence-electron chi connectivity index (χ1n) is 6.08. The topological polar surface area (TPSA) is 66.4 Å². The van der Waals surface area contributed by atoms with Gasteiger partial charge in [-0.05, 0) is 40.0 Å². The number of carboxylic acid groups (broad SMARTS) is 1. The van der Waals surface area contributed by atoms with Gasteiger partial charge in [-0.3, -0.25) is 4.48 Å². The van der Waals surface area contributed by atoms with Gasteiger partial charge in [-0.15, -0.1) is 0 Å². The van der Waals surface area contributed by atoms with Crippen LogP contribution in [-0.4, -0.2) is 46.8 Å². The second-order valence-electron chi connectivity index (χ2n) is 5.92. The Hall–Kier alpha value is -1.10. The number of likely N-dealkylation sites (N-methyl/N-ethyl adjacent to an activating group) is 1. The fourth-order valence-corrected chi connectivity index (χ4v) is 2.30. The van der Waals surface area contributed by atoms with Gasteiger partial charge in [0.05, 0.1) is 19.1 Å². The van der Waals surface area contributed by atoms with E-state index in [1.165, 1.54) is 0 Å². The lowest BCUT2D eigenvalue weighted by Crippen LogP contribution is -2.65. The summed E-state index contributed by atoms with van der Waals surface area (Å²) in [6.45, 7) is 6.84. The highest BCUT2D eigenvalue weighted by atomic mass is 16.4.